The largest absolute Gasteiger partial charge is 0.389 e. The molecule has 1 aromatic rings. The molecule has 0 aromatic carbocycles. The Hall–Kier alpha value is -1.23. The molecule has 1 heterocycles. The highest BCUT2D eigenvalue weighted by molar-refractivity contribution is 7.80. The Kier molecular flexibility index (Phi) is 2.56. The molecule has 0 amide bonds. The molecule has 4 nitrogen and oxygen atoms in total. The summed E-state index contributed by atoms with van der Waals surface area (Å²) in [6.07, 6.45) is 5.16. The lowest BCUT2D eigenvalue weighted by Gasteiger charge is -2.39. The van der Waals surface area contributed by atoms with Gasteiger partial charge in [0.1, 0.15) is 4.99 Å². The fourth-order valence-electron chi connectivity index (χ4n) is 1.74. The highest BCUT2D eigenvalue weighted by Crippen LogP contribution is 2.34. The van der Waals surface area contributed by atoms with Crippen molar-refractivity contribution in [2.75, 3.05) is 5.32 Å². The average Bonchev–Trinajstić information content (AvgIpc) is 2.16. The highest BCUT2D eigenvalue weighted by Gasteiger charge is 2.32. The van der Waals surface area contributed by atoms with Gasteiger partial charge in [0.15, 0.2) is 5.82 Å². The van der Waals surface area contributed by atoms with Gasteiger partial charge >= 0.3 is 0 Å². The van der Waals surface area contributed by atoms with Gasteiger partial charge in [0.25, 0.3) is 0 Å². The third-order valence-corrected chi connectivity index (χ3v) is 3.08. The molecule has 1 fully saturated rings. The van der Waals surface area contributed by atoms with Gasteiger partial charge in [-0.15, -0.1) is 5.10 Å². The minimum atomic E-state index is 0.134. The minimum Gasteiger partial charge on any atom is -0.389 e. The van der Waals surface area contributed by atoms with Crippen LogP contribution in [0.25, 0.3) is 0 Å². The molecule has 1 saturated carbocycles. The van der Waals surface area contributed by atoms with E-state index in [1.165, 1.54) is 6.42 Å². The van der Waals surface area contributed by atoms with Crippen molar-refractivity contribution >= 4 is 23.0 Å². The highest BCUT2D eigenvalue weighted by atomic mass is 32.1. The van der Waals surface area contributed by atoms with Crippen LogP contribution in [0.4, 0.5) is 5.82 Å². The fraction of sp³-hybridized carbons (Fsp3) is 0.500. The summed E-state index contributed by atoms with van der Waals surface area (Å²) in [7, 11) is 0. The van der Waals surface area contributed by atoms with E-state index in [4.69, 9.17) is 18.0 Å². The van der Waals surface area contributed by atoms with Gasteiger partial charge in [-0.2, -0.15) is 5.10 Å². The van der Waals surface area contributed by atoms with Gasteiger partial charge in [0.2, 0.25) is 0 Å². The van der Waals surface area contributed by atoms with Gasteiger partial charge in [0.05, 0.1) is 11.8 Å². The van der Waals surface area contributed by atoms with Crippen LogP contribution >= 0.6 is 12.2 Å². The summed E-state index contributed by atoms with van der Waals surface area (Å²) in [5, 5.41) is 11.2. The molecule has 0 unspecified atom stereocenters. The summed E-state index contributed by atoms with van der Waals surface area (Å²) >= 11 is 4.96. The van der Waals surface area contributed by atoms with Crippen molar-refractivity contribution in [1.82, 2.24) is 10.2 Å². The summed E-state index contributed by atoms with van der Waals surface area (Å²) in [5.74, 6) is 0.701. The van der Waals surface area contributed by atoms with E-state index in [9.17, 15) is 0 Å². The average molecular weight is 222 g/mol. The quantitative estimate of drug-likeness (QED) is 0.758. The maximum Gasteiger partial charge on any atom is 0.159 e. The van der Waals surface area contributed by atoms with Gasteiger partial charge in [0, 0.05) is 5.54 Å². The number of nitrogens with two attached hydrogens (primary N) is 1. The first-order valence-electron chi connectivity index (χ1n) is 5.00. The van der Waals surface area contributed by atoms with E-state index in [0.29, 0.717) is 10.8 Å². The lowest BCUT2D eigenvalue weighted by Crippen LogP contribution is -2.42. The molecular weight excluding hydrogens is 208 g/mol. The summed E-state index contributed by atoms with van der Waals surface area (Å²) in [4.78, 5) is 0.357. The number of rotatable bonds is 3. The van der Waals surface area contributed by atoms with Crippen LogP contribution in [0.2, 0.25) is 0 Å². The van der Waals surface area contributed by atoms with Crippen LogP contribution < -0.4 is 11.1 Å². The molecule has 0 bridgehead atoms. The van der Waals surface area contributed by atoms with E-state index in [1.807, 2.05) is 0 Å². The number of aromatic nitrogens is 2. The van der Waals surface area contributed by atoms with Crippen LogP contribution in [-0.4, -0.2) is 20.7 Å². The number of thiocarbonyl (C=S) groups is 1. The Balaban J connectivity index is 2.23. The summed E-state index contributed by atoms with van der Waals surface area (Å²) in [6.45, 7) is 2.18. The monoisotopic (exact) mass is 222 g/mol. The van der Waals surface area contributed by atoms with E-state index in [0.717, 1.165) is 18.4 Å². The number of hydrogen-bond acceptors (Lipinski definition) is 4. The first-order chi connectivity index (χ1) is 7.11. The van der Waals surface area contributed by atoms with E-state index in [2.05, 4.69) is 22.4 Å². The third kappa shape index (κ3) is 2.07. The van der Waals surface area contributed by atoms with Gasteiger partial charge in [-0.05, 0) is 32.3 Å². The summed E-state index contributed by atoms with van der Waals surface area (Å²) in [5.41, 5.74) is 6.52. The summed E-state index contributed by atoms with van der Waals surface area (Å²) in [6, 6.07) is 1.79. The van der Waals surface area contributed by atoms with Crippen LogP contribution in [-0.2, 0) is 0 Å². The zero-order valence-corrected chi connectivity index (χ0v) is 9.47. The molecule has 1 aliphatic rings. The number of hydrogen-bond donors (Lipinski definition) is 2. The third-order valence-electron chi connectivity index (χ3n) is 2.86. The second kappa shape index (κ2) is 3.73. The first kappa shape index (κ1) is 10.3. The van der Waals surface area contributed by atoms with E-state index >= 15 is 0 Å². The Morgan fingerprint density at radius 3 is 2.87 bits per heavy atom. The zero-order chi connectivity index (χ0) is 10.9. The van der Waals surface area contributed by atoms with Crippen LogP contribution in [0, 0.1) is 0 Å². The van der Waals surface area contributed by atoms with Crippen LogP contribution in [0.3, 0.4) is 0 Å². The molecule has 1 aliphatic carbocycles. The van der Waals surface area contributed by atoms with E-state index < -0.39 is 0 Å². The molecular formula is C10H14N4S. The van der Waals surface area contributed by atoms with E-state index in [-0.39, 0.29) is 5.54 Å². The second-order valence-electron chi connectivity index (χ2n) is 4.20. The number of anilines is 1. The van der Waals surface area contributed by atoms with Gasteiger partial charge in [-0.25, -0.2) is 0 Å². The first-order valence-corrected chi connectivity index (χ1v) is 5.41. The number of nitrogens with zero attached hydrogens (tertiary/aromatic N) is 2. The van der Waals surface area contributed by atoms with Gasteiger partial charge in [-0.1, -0.05) is 12.2 Å². The molecule has 0 radical (unpaired) electrons. The molecule has 5 heteroatoms. The van der Waals surface area contributed by atoms with Crippen molar-refractivity contribution in [3.63, 3.8) is 0 Å². The van der Waals surface area contributed by atoms with Crippen LogP contribution in [0.15, 0.2) is 12.3 Å². The summed E-state index contributed by atoms with van der Waals surface area (Å²) < 4.78 is 0. The second-order valence-corrected chi connectivity index (χ2v) is 4.64. The molecule has 1 aromatic heterocycles. The van der Waals surface area contributed by atoms with Crippen molar-refractivity contribution in [2.45, 2.75) is 31.7 Å². The molecule has 0 atom stereocenters. The molecule has 0 spiro atoms. The molecule has 2 rings (SSSR count). The van der Waals surface area contributed by atoms with Crippen molar-refractivity contribution in [1.29, 1.82) is 0 Å². The van der Waals surface area contributed by atoms with Crippen molar-refractivity contribution in [3.8, 4) is 0 Å². The Morgan fingerprint density at radius 1 is 1.60 bits per heavy atom. The predicted octanol–water partition coefficient (Wildman–Crippen LogP) is 1.47. The topological polar surface area (TPSA) is 63.8 Å². The Bertz CT molecular complexity index is 387. The lowest BCUT2D eigenvalue weighted by molar-refractivity contribution is 0.305. The Morgan fingerprint density at radius 2 is 2.33 bits per heavy atom. The smallest absolute Gasteiger partial charge is 0.159 e. The Labute approximate surface area is 94.3 Å². The van der Waals surface area contributed by atoms with E-state index in [1.54, 1.807) is 12.3 Å². The van der Waals surface area contributed by atoms with Gasteiger partial charge < -0.3 is 11.1 Å². The lowest BCUT2D eigenvalue weighted by atomic mass is 9.78. The fourth-order valence-corrected chi connectivity index (χ4v) is 1.91. The predicted molar refractivity (Wildman–Crippen MR) is 63.8 cm³/mol. The molecule has 15 heavy (non-hydrogen) atoms. The molecule has 3 N–H and O–H groups in total. The maximum absolute atomic E-state index is 5.62. The van der Waals surface area contributed by atoms with Gasteiger partial charge in [-0.3, -0.25) is 0 Å². The van der Waals surface area contributed by atoms with Crippen molar-refractivity contribution in [3.05, 3.63) is 17.8 Å². The molecule has 0 aliphatic heterocycles. The normalized spacial score (nSPS) is 17.9. The van der Waals surface area contributed by atoms with Crippen molar-refractivity contribution < 1.29 is 0 Å². The van der Waals surface area contributed by atoms with Crippen molar-refractivity contribution in [2.24, 2.45) is 5.73 Å². The minimum absolute atomic E-state index is 0.134. The van der Waals surface area contributed by atoms with Crippen LogP contribution in [0.1, 0.15) is 31.7 Å². The molecule has 80 valence electrons. The molecule has 0 saturated heterocycles. The zero-order valence-electron chi connectivity index (χ0n) is 8.66. The SMILES string of the molecule is CC1(Nc2nnccc2C(N)=S)CCC1. The number of nitrogens with one attached hydrogen (secondary N) is 1. The maximum atomic E-state index is 5.62. The standard InChI is InChI=1S/C10H14N4S/c1-10(4-2-5-10)13-9-7(8(11)15)3-6-12-14-9/h3,6H,2,4-5H2,1H3,(H2,11,15)(H,13,14). The van der Waals surface area contributed by atoms with Crippen LogP contribution in [0.5, 0.6) is 0 Å².